The van der Waals surface area contributed by atoms with Crippen LogP contribution in [0.2, 0.25) is 0 Å². The molecule has 1 heterocycles. The van der Waals surface area contributed by atoms with Gasteiger partial charge in [0, 0.05) is 18.7 Å². The summed E-state index contributed by atoms with van der Waals surface area (Å²) in [5.41, 5.74) is 1.72. The van der Waals surface area contributed by atoms with Crippen molar-refractivity contribution in [3.8, 4) is 0 Å². The summed E-state index contributed by atoms with van der Waals surface area (Å²) in [5.74, 6) is -0.109. The van der Waals surface area contributed by atoms with Gasteiger partial charge in [-0.3, -0.25) is 9.48 Å². The van der Waals surface area contributed by atoms with Crippen LogP contribution in [0, 0.1) is 13.8 Å². The maximum atomic E-state index is 12.0. The van der Waals surface area contributed by atoms with E-state index in [2.05, 4.69) is 5.10 Å². The van der Waals surface area contributed by atoms with E-state index in [9.17, 15) is 18.0 Å². The molecule has 1 aromatic rings. The third kappa shape index (κ3) is 3.57. The predicted molar refractivity (Wildman–Crippen MR) is 57.0 cm³/mol. The summed E-state index contributed by atoms with van der Waals surface area (Å²) in [6.07, 6.45) is -5.00. The van der Waals surface area contributed by atoms with Crippen molar-refractivity contribution in [2.75, 3.05) is 0 Å². The Kier molecular flexibility index (Phi) is 3.95. The van der Waals surface area contributed by atoms with Gasteiger partial charge in [-0.1, -0.05) is 0 Å². The monoisotopic (exact) mass is 248 g/mol. The minimum Gasteiger partial charge on any atom is -0.294 e. The van der Waals surface area contributed by atoms with Crippen molar-refractivity contribution in [3.63, 3.8) is 0 Å². The summed E-state index contributed by atoms with van der Waals surface area (Å²) < 4.78 is 37.4. The van der Waals surface area contributed by atoms with E-state index in [1.807, 2.05) is 0 Å². The topological polar surface area (TPSA) is 34.9 Å². The van der Waals surface area contributed by atoms with Gasteiger partial charge in [-0.05, 0) is 27.2 Å². The normalized spacial score (nSPS) is 11.9. The zero-order chi connectivity index (χ0) is 13.2. The molecule has 3 nitrogen and oxygen atoms in total. The van der Waals surface area contributed by atoms with Crippen molar-refractivity contribution in [3.05, 3.63) is 17.0 Å². The molecule has 0 aliphatic heterocycles. The van der Waals surface area contributed by atoms with Crippen molar-refractivity contribution < 1.29 is 18.0 Å². The highest BCUT2D eigenvalue weighted by Crippen LogP contribution is 2.22. The molecule has 0 atom stereocenters. The Balaban J connectivity index is 2.74. The van der Waals surface area contributed by atoms with Gasteiger partial charge >= 0.3 is 6.18 Å². The lowest BCUT2D eigenvalue weighted by Crippen LogP contribution is -2.11. The third-order valence-electron chi connectivity index (χ3n) is 2.56. The van der Waals surface area contributed by atoms with Crippen molar-refractivity contribution in [1.29, 1.82) is 0 Å². The number of aromatic nitrogens is 2. The minimum atomic E-state index is -4.14. The van der Waals surface area contributed by atoms with E-state index in [1.165, 1.54) is 11.6 Å². The number of aryl methyl sites for hydroxylation is 2. The number of nitrogens with zero attached hydrogens (tertiary/aromatic N) is 2. The molecule has 0 bridgehead atoms. The van der Waals surface area contributed by atoms with Gasteiger partial charge in [0.1, 0.15) is 0 Å². The van der Waals surface area contributed by atoms with E-state index < -0.39 is 12.6 Å². The molecule has 0 amide bonds. The molecule has 0 spiro atoms. The fourth-order valence-electron chi connectivity index (χ4n) is 1.85. The molecule has 0 aromatic carbocycles. The van der Waals surface area contributed by atoms with E-state index >= 15 is 0 Å². The van der Waals surface area contributed by atoms with Gasteiger partial charge in [-0.2, -0.15) is 18.3 Å². The Morgan fingerprint density at radius 2 is 1.94 bits per heavy atom. The van der Waals surface area contributed by atoms with E-state index in [-0.39, 0.29) is 18.7 Å². The van der Waals surface area contributed by atoms with E-state index in [0.717, 1.165) is 0 Å². The van der Waals surface area contributed by atoms with Gasteiger partial charge in [-0.15, -0.1) is 0 Å². The van der Waals surface area contributed by atoms with Crippen LogP contribution in [0.4, 0.5) is 13.2 Å². The Hall–Kier alpha value is -1.33. The number of carbonyl (C=O) groups excluding carboxylic acids is 1. The summed E-state index contributed by atoms with van der Waals surface area (Å²) in [6, 6.07) is 0. The van der Waals surface area contributed by atoms with Crippen LogP contribution in [-0.4, -0.2) is 21.7 Å². The van der Waals surface area contributed by atoms with Gasteiger partial charge in [0.25, 0.3) is 0 Å². The van der Waals surface area contributed by atoms with E-state index in [4.69, 9.17) is 0 Å². The predicted octanol–water partition coefficient (Wildman–Crippen LogP) is 3.05. The van der Waals surface area contributed by atoms with Crippen molar-refractivity contribution >= 4 is 5.78 Å². The average molecular weight is 248 g/mol. The maximum absolute atomic E-state index is 12.0. The zero-order valence-corrected chi connectivity index (χ0v) is 10.1. The molecule has 0 unspecified atom stereocenters. The SMILES string of the molecule is CC(=O)c1c(C)nn(CCCC(F)(F)F)c1C. The van der Waals surface area contributed by atoms with Crippen molar-refractivity contribution in [2.45, 2.75) is 46.3 Å². The van der Waals surface area contributed by atoms with Crippen LogP contribution in [0.5, 0.6) is 0 Å². The first kappa shape index (κ1) is 13.7. The molecule has 96 valence electrons. The molecule has 0 fully saturated rings. The third-order valence-corrected chi connectivity index (χ3v) is 2.56. The largest absolute Gasteiger partial charge is 0.389 e. The van der Waals surface area contributed by atoms with Crippen LogP contribution in [0.3, 0.4) is 0 Å². The Labute approximate surface area is 97.6 Å². The van der Waals surface area contributed by atoms with Crippen LogP contribution >= 0.6 is 0 Å². The van der Waals surface area contributed by atoms with E-state index in [0.29, 0.717) is 17.0 Å². The molecule has 17 heavy (non-hydrogen) atoms. The Morgan fingerprint density at radius 1 is 1.35 bits per heavy atom. The lowest BCUT2D eigenvalue weighted by atomic mass is 10.1. The van der Waals surface area contributed by atoms with Crippen LogP contribution in [0.25, 0.3) is 0 Å². The fraction of sp³-hybridized carbons (Fsp3) is 0.636. The molecule has 1 rings (SSSR count). The maximum Gasteiger partial charge on any atom is 0.389 e. The second-order valence-corrected chi connectivity index (χ2v) is 4.04. The quantitative estimate of drug-likeness (QED) is 0.767. The number of alkyl halides is 3. The number of rotatable bonds is 4. The summed E-state index contributed by atoms with van der Waals surface area (Å²) in [4.78, 5) is 11.3. The van der Waals surface area contributed by atoms with Gasteiger partial charge < -0.3 is 0 Å². The summed E-state index contributed by atoms with van der Waals surface area (Å²) in [6.45, 7) is 4.99. The summed E-state index contributed by atoms with van der Waals surface area (Å²) >= 11 is 0. The molecule has 0 saturated carbocycles. The van der Waals surface area contributed by atoms with Crippen LogP contribution in [-0.2, 0) is 6.54 Å². The van der Waals surface area contributed by atoms with Gasteiger partial charge in [0.05, 0.1) is 11.3 Å². The average Bonchev–Trinajstić information content (AvgIpc) is 2.39. The van der Waals surface area contributed by atoms with E-state index in [1.54, 1.807) is 13.8 Å². The van der Waals surface area contributed by atoms with Crippen molar-refractivity contribution in [2.24, 2.45) is 0 Å². The molecule has 0 aliphatic carbocycles. The fourth-order valence-corrected chi connectivity index (χ4v) is 1.85. The molecular weight excluding hydrogens is 233 g/mol. The number of Topliss-reactive ketones (excluding diaryl/α,β-unsaturated/α-hetero) is 1. The molecule has 0 radical (unpaired) electrons. The van der Waals surface area contributed by atoms with Gasteiger partial charge in [0.15, 0.2) is 5.78 Å². The molecule has 0 N–H and O–H groups in total. The second-order valence-electron chi connectivity index (χ2n) is 4.04. The first-order valence-electron chi connectivity index (χ1n) is 5.34. The lowest BCUT2D eigenvalue weighted by molar-refractivity contribution is -0.136. The molecular formula is C11H15F3N2O. The standard InChI is InChI=1S/C11H15F3N2O/c1-7-10(9(3)17)8(2)16(15-7)6-4-5-11(12,13)14/h4-6H2,1-3H3. The Morgan fingerprint density at radius 3 is 2.35 bits per heavy atom. The smallest absolute Gasteiger partial charge is 0.294 e. The number of hydrogen-bond acceptors (Lipinski definition) is 2. The van der Waals surface area contributed by atoms with Gasteiger partial charge in [-0.25, -0.2) is 0 Å². The lowest BCUT2D eigenvalue weighted by Gasteiger charge is -2.07. The summed E-state index contributed by atoms with van der Waals surface area (Å²) in [7, 11) is 0. The number of carbonyl (C=O) groups is 1. The number of halogens is 3. The highest BCUT2D eigenvalue weighted by molar-refractivity contribution is 5.96. The van der Waals surface area contributed by atoms with Crippen LogP contribution in [0.15, 0.2) is 0 Å². The highest BCUT2D eigenvalue weighted by atomic mass is 19.4. The van der Waals surface area contributed by atoms with Crippen LogP contribution < -0.4 is 0 Å². The second kappa shape index (κ2) is 4.89. The highest BCUT2D eigenvalue weighted by Gasteiger charge is 2.26. The zero-order valence-electron chi connectivity index (χ0n) is 10.1. The molecule has 0 saturated heterocycles. The minimum absolute atomic E-state index is 0.0250. The van der Waals surface area contributed by atoms with Crippen LogP contribution in [0.1, 0.15) is 41.5 Å². The summed E-state index contributed by atoms with van der Waals surface area (Å²) in [5, 5.41) is 4.08. The number of ketones is 1. The molecule has 1 aromatic heterocycles. The Bertz CT molecular complexity index is 421. The van der Waals surface area contributed by atoms with Crippen molar-refractivity contribution in [1.82, 2.24) is 9.78 Å². The molecule has 0 aliphatic rings. The van der Waals surface area contributed by atoms with Gasteiger partial charge in [0.2, 0.25) is 0 Å². The first-order chi connectivity index (χ1) is 7.72. The number of hydrogen-bond donors (Lipinski definition) is 0. The first-order valence-corrected chi connectivity index (χ1v) is 5.34. The molecule has 6 heteroatoms.